The van der Waals surface area contributed by atoms with Gasteiger partial charge in [0.1, 0.15) is 23.9 Å². The molecule has 1 aliphatic rings. The highest BCUT2D eigenvalue weighted by molar-refractivity contribution is 9.11. The van der Waals surface area contributed by atoms with Crippen LogP contribution in [0.1, 0.15) is 11.1 Å². The number of ether oxygens (including phenoxy) is 1. The van der Waals surface area contributed by atoms with Gasteiger partial charge in [-0.1, -0.05) is 29.8 Å². The van der Waals surface area contributed by atoms with Gasteiger partial charge in [0.15, 0.2) is 0 Å². The fraction of sp³-hybridized carbons (Fsp3) is 0.0435. The van der Waals surface area contributed by atoms with E-state index in [1.807, 2.05) is 0 Å². The Kier molecular flexibility index (Phi) is 6.64. The topological polar surface area (TPSA) is 58.6 Å². The molecule has 0 saturated carbocycles. The van der Waals surface area contributed by atoms with Crippen molar-refractivity contribution in [2.45, 2.75) is 6.61 Å². The van der Waals surface area contributed by atoms with Crippen LogP contribution in [-0.2, 0) is 11.4 Å². The number of carbonyl (C=O) groups is 2. The molecule has 0 radical (unpaired) electrons. The predicted molar refractivity (Wildman–Crippen MR) is 128 cm³/mol. The molecule has 3 amide bonds. The molecule has 162 valence electrons. The maximum Gasteiger partial charge on any atom is 0.333 e. The Hall–Kier alpha value is -2.68. The van der Waals surface area contributed by atoms with Crippen LogP contribution in [0.3, 0.4) is 0 Å². The van der Waals surface area contributed by atoms with E-state index in [0.717, 1.165) is 4.90 Å². The van der Waals surface area contributed by atoms with Crippen molar-refractivity contribution in [3.63, 3.8) is 0 Å². The molecular formula is C23H14Br2ClFN2O3. The van der Waals surface area contributed by atoms with Gasteiger partial charge < -0.3 is 10.1 Å². The van der Waals surface area contributed by atoms with Gasteiger partial charge in [-0.25, -0.2) is 14.1 Å². The van der Waals surface area contributed by atoms with E-state index in [1.165, 1.54) is 12.1 Å². The smallest absolute Gasteiger partial charge is 0.333 e. The summed E-state index contributed by atoms with van der Waals surface area (Å²) < 4.78 is 20.4. The highest BCUT2D eigenvalue weighted by atomic mass is 79.9. The summed E-state index contributed by atoms with van der Waals surface area (Å²) in [4.78, 5) is 26.2. The number of nitrogens with zero attached hydrogens (tertiary/aromatic N) is 1. The van der Waals surface area contributed by atoms with Crippen LogP contribution in [0.15, 0.2) is 75.3 Å². The lowest BCUT2D eigenvalue weighted by atomic mass is 10.1. The predicted octanol–water partition coefficient (Wildman–Crippen LogP) is 6.68. The minimum Gasteiger partial charge on any atom is -0.487 e. The van der Waals surface area contributed by atoms with Crippen LogP contribution in [-0.4, -0.2) is 11.9 Å². The molecule has 1 saturated heterocycles. The van der Waals surface area contributed by atoms with Gasteiger partial charge in [0, 0.05) is 5.02 Å². The summed E-state index contributed by atoms with van der Waals surface area (Å²) in [7, 11) is 0. The molecule has 1 aliphatic heterocycles. The average Bonchev–Trinajstić information content (AvgIpc) is 3.00. The fourth-order valence-electron chi connectivity index (χ4n) is 3.13. The Morgan fingerprint density at radius 2 is 1.75 bits per heavy atom. The third-order valence-electron chi connectivity index (χ3n) is 4.55. The summed E-state index contributed by atoms with van der Waals surface area (Å²) in [6.45, 7) is 0.179. The van der Waals surface area contributed by atoms with E-state index in [2.05, 4.69) is 37.2 Å². The normalized spacial score (nSPS) is 14.8. The molecule has 1 fully saturated rings. The average molecular weight is 581 g/mol. The van der Waals surface area contributed by atoms with Crippen molar-refractivity contribution in [3.05, 3.63) is 97.3 Å². The zero-order valence-corrected chi connectivity index (χ0v) is 20.2. The number of amides is 3. The number of rotatable bonds is 5. The van der Waals surface area contributed by atoms with Gasteiger partial charge in [-0.15, -0.1) is 0 Å². The number of hydrogen-bond donors (Lipinski definition) is 1. The molecule has 0 aliphatic carbocycles. The number of benzene rings is 3. The number of anilines is 1. The minimum absolute atomic E-state index is 0.127. The number of imide groups is 1. The number of halogens is 4. The molecule has 0 atom stereocenters. The third-order valence-corrected chi connectivity index (χ3v) is 5.96. The lowest BCUT2D eigenvalue weighted by Crippen LogP contribution is -2.30. The van der Waals surface area contributed by atoms with Gasteiger partial charge in [-0.2, -0.15) is 0 Å². The van der Waals surface area contributed by atoms with Crippen molar-refractivity contribution in [2.24, 2.45) is 0 Å². The van der Waals surface area contributed by atoms with E-state index in [1.54, 1.807) is 54.6 Å². The van der Waals surface area contributed by atoms with Crippen LogP contribution in [0, 0.1) is 5.82 Å². The van der Waals surface area contributed by atoms with Crippen molar-refractivity contribution in [2.75, 3.05) is 4.90 Å². The highest BCUT2D eigenvalue weighted by Crippen LogP contribution is 2.36. The van der Waals surface area contributed by atoms with Crippen LogP contribution in [0.25, 0.3) is 6.08 Å². The van der Waals surface area contributed by atoms with E-state index in [-0.39, 0.29) is 18.1 Å². The lowest BCUT2D eigenvalue weighted by Gasteiger charge is -2.12. The number of carbonyl (C=O) groups excluding carboxylic acids is 2. The molecule has 4 rings (SSSR count). The van der Waals surface area contributed by atoms with Gasteiger partial charge in [-0.3, -0.25) is 4.79 Å². The second-order valence-electron chi connectivity index (χ2n) is 6.84. The Morgan fingerprint density at radius 3 is 2.44 bits per heavy atom. The molecule has 1 heterocycles. The molecule has 3 aromatic rings. The van der Waals surface area contributed by atoms with Crippen LogP contribution >= 0.6 is 43.5 Å². The Bertz CT molecular complexity index is 1240. The maximum atomic E-state index is 13.4. The maximum absolute atomic E-state index is 13.4. The zero-order valence-electron chi connectivity index (χ0n) is 16.2. The molecule has 0 bridgehead atoms. The molecule has 0 unspecified atom stereocenters. The Morgan fingerprint density at radius 1 is 1.03 bits per heavy atom. The van der Waals surface area contributed by atoms with Gasteiger partial charge in [0.2, 0.25) is 0 Å². The van der Waals surface area contributed by atoms with Crippen LogP contribution < -0.4 is 15.0 Å². The van der Waals surface area contributed by atoms with Crippen LogP contribution in [0.4, 0.5) is 14.9 Å². The monoisotopic (exact) mass is 578 g/mol. The van der Waals surface area contributed by atoms with E-state index in [4.69, 9.17) is 16.3 Å². The Balaban J connectivity index is 1.55. The standard InChI is InChI=1S/C23H14Br2ClFN2O3/c24-18-8-14(9-19(25)21(18)32-12-13-3-1-5-16(27)7-13)10-20-22(30)29(23(31)28-20)17-6-2-4-15(26)11-17/h1-11H,12H2,(H,28,31)/b20-10+. The molecule has 1 N–H and O–H groups in total. The summed E-state index contributed by atoms with van der Waals surface area (Å²) in [5.74, 6) is -0.295. The molecule has 0 aromatic heterocycles. The van der Waals surface area contributed by atoms with Crippen molar-refractivity contribution in [1.29, 1.82) is 0 Å². The quantitative estimate of drug-likeness (QED) is 0.271. The summed E-state index contributed by atoms with van der Waals surface area (Å²) >= 11 is 12.9. The van der Waals surface area contributed by atoms with Gasteiger partial charge in [0.25, 0.3) is 5.91 Å². The molecule has 0 spiro atoms. The highest BCUT2D eigenvalue weighted by Gasteiger charge is 2.35. The first-order valence-corrected chi connectivity index (χ1v) is 11.3. The lowest BCUT2D eigenvalue weighted by molar-refractivity contribution is -0.113. The summed E-state index contributed by atoms with van der Waals surface area (Å²) in [5, 5.41) is 3.00. The molecule has 32 heavy (non-hydrogen) atoms. The first-order chi connectivity index (χ1) is 15.3. The molecule has 3 aromatic carbocycles. The van der Waals surface area contributed by atoms with Crippen LogP contribution in [0.2, 0.25) is 5.02 Å². The largest absolute Gasteiger partial charge is 0.487 e. The second-order valence-corrected chi connectivity index (χ2v) is 8.99. The van der Waals surface area contributed by atoms with Crippen molar-refractivity contribution < 1.29 is 18.7 Å². The second kappa shape index (κ2) is 9.44. The van der Waals surface area contributed by atoms with E-state index >= 15 is 0 Å². The minimum atomic E-state index is -0.559. The summed E-state index contributed by atoms with van der Waals surface area (Å²) in [6.07, 6.45) is 1.57. The van der Waals surface area contributed by atoms with Crippen molar-refractivity contribution >= 4 is 67.2 Å². The first-order valence-electron chi connectivity index (χ1n) is 9.31. The van der Waals surface area contributed by atoms with Gasteiger partial charge in [0.05, 0.1) is 14.6 Å². The summed E-state index contributed by atoms with van der Waals surface area (Å²) in [6, 6.07) is 15.6. The summed E-state index contributed by atoms with van der Waals surface area (Å²) in [5.41, 5.74) is 1.85. The van der Waals surface area contributed by atoms with Crippen molar-refractivity contribution in [3.8, 4) is 5.75 Å². The molecule has 9 heteroatoms. The fourth-order valence-corrected chi connectivity index (χ4v) is 4.77. The first kappa shape index (κ1) is 22.5. The molecular weight excluding hydrogens is 567 g/mol. The van der Waals surface area contributed by atoms with E-state index < -0.39 is 11.9 Å². The Labute approximate surface area is 205 Å². The van der Waals surface area contributed by atoms with Crippen LogP contribution in [0.5, 0.6) is 5.75 Å². The third kappa shape index (κ3) is 4.87. The zero-order chi connectivity index (χ0) is 22.8. The van der Waals surface area contributed by atoms with Gasteiger partial charge in [-0.05, 0) is 91.5 Å². The van der Waals surface area contributed by atoms with Gasteiger partial charge >= 0.3 is 6.03 Å². The number of nitrogens with one attached hydrogen (secondary N) is 1. The number of hydrogen-bond acceptors (Lipinski definition) is 3. The van der Waals surface area contributed by atoms with Crippen molar-refractivity contribution in [1.82, 2.24) is 5.32 Å². The molecule has 5 nitrogen and oxygen atoms in total. The van der Waals surface area contributed by atoms with E-state index in [9.17, 15) is 14.0 Å². The number of urea groups is 1. The van der Waals surface area contributed by atoms with E-state index in [0.29, 0.717) is 36.5 Å². The SMILES string of the molecule is O=C1N/C(=C/c2cc(Br)c(OCc3cccc(F)c3)c(Br)c2)C(=O)N1c1cccc(Cl)c1.